The zero-order valence-electron chi connectivity index (χ0n) is 12.6. The summed E-state index contributed by atoms with van der Waals surface area (Å²) in [4.78, 5) is 26.7. The molecule has 5 heteroatoms. The molecule has 1 saturated heterocycles. The highest BCUT2D eigenvalue weighted by Gasteiger charge is 2.47. The van der Waals surface area contributed by atoms with Crippen LogP contribution in [0.15, 0.2) is 24.3 Å². The Hall–Kier alpha value is -1.55. The molecule has 1 aliphatic heterocycles. The lowest BCUT2D eigenvalue weighted by molar-refractivity contribution is -0.155. The molecule has 1 atom stereocenters. The van der Waals surface area contributed by atoms with Crippen molar-refractivity contribution in [2.75, 3.05) is 0 Å². The number of amides is 2. The van der Waals surface area contributed by atoms with E-state index in [1.54, 1.807) is 17.9 Å². The maximum Gasteiger partial charge on any atom is 0.249 e. The molecule has 0 aliphatic carbocycles. The smallest absolute Gasteiger partial charge is 0.249 e. The van der Waals surface area contributed by atoms with E-state index in [4.69, 9.17) is 11.6 Å². The Morgan fingerprint density at radius 1 is 1.24 bits per heavy atom. The van der Waals surface area contributed by atoms with E-state index in [1.165, 1.54) is 0 Å². The highest BCUT2D eigenvalue weighted by Crippen LogP contribution is 2.27. The fraction of sp³-hybridized carbons (Fsp3) is 0.500. The molecular formula is C16H21ClN2O2. The van der Waals surface area contributed by atoms with Crippen molar-refractivity contribution in [3.63, 3.8) is 0 Å². The zero-order valence-corrected chi connectivity index (χ0v) is 13.4. The molecule has 4 nitrogen and oxygen atoms in total. The highest BCUT2D eigenvalue weighted by molar-refractivity contribution is 6.31. The fourth-order valence-corrected chi connectivity index (χ4v) is 2.93. The first kappa shape index (κ1) is 15.8. The van der Waals surface area contributed by atoms with E-state index >= 15 is 0 Å². The van der Waals surface area contributed by atoms with Gasteiger partial charge in [-0.05, 0) is 31.4 Å². The average molecular weight is 309 g/mol. The predicted molar refractivity (Wildman–Crippen MR) is 82.9 cm³/mol. The van der Waals surface area contributed by atoms with Crippen LogP contribution in [0.5, 0.6) is 0 Å². The van der Waals surface area contributed by atoms with E-state index in [9.17, 15) is 9.59 Å². The first-order chi connectivity index (χ1) is 9.95. The summed E-state index contributed by atoms with van der Waals surface area (Å²) in [7, 11) is 0. The third kappa shape index (κ3) is 2.77. The molecule has 1 heterocycles. The number of carbonyl (C=O) groups is 2. The molecular weight excluding hydrogens is 288 g/mol. The lowest BCUT2D eigenvalue weighted by Gasteiger charge is -2.44. The van der Waals surface area contributed by atoms with Crippen molar-refractivity contribution in [1.82, 2.24) is 10.2 Å². The lowest BCUT2D eigenvalue weighted by Crippen LogP contribution is -2.69. The molecule has 114 valence electrons. The summed E-state index contributed by atoms with van der Waals surface area (Å²) in [5, 5.41) is 3.51. The van der Waals surface area contributed by atoms with Crippen LogP contribution in [0.2, 0.25) is 5.02 Å². The van der Waals surface area contributed by atoms with Gasteiger partial charge in [0, 0.05) is 11.6 Å². The molecule has 0 bridgehead atoms. The number of piperazine rings is 1. The predicted octanol–water partition coefficient (Wildman–Crippen LogP) is 2.75. The minimum absolute atomic E-state index is 0.0282. The van der Waals surface area contributed by atoms with Gasteiger partial charge in [0.05, 0.1) is 0 Å². The first-order valence-corrected chi connectivity index (χ1v) is 7.69. The number of nitrogens with one attached hydrogen (secondary N) is 1. The third-order valence-corrected chi connectivity index (χ3v) is 4.75. The summed E-state index contributed by atoms with van der Waals surface area (Å²) >= 11 is 6.18. The molecule has 1 N–H and O–H groups in total. The average Bonchev–Trinajstić information content (AvgIpc) is 2.49. The summed E-state index contributed by atoms with van der Waals surface area (Å²) in [6.07, 6.45) is 1.17. The first-order valence-electron chi connectivity index (χ1n) is 7.31. The van der Waals surface area contributed by atoms with Gasteiger partial charge in [0.1, 0.15) is 11.6 Å². The van der Waals surface area contributed by atoms with Crippen LogP contribution in [0.3, 0.4) is 0 Å². The maximum atomic E-state index is 12.8. The van der Waals surface area contributed by atoms with Crippen LogP contribution in [0, 0.1) is 0 Å². The summed E-state index contributed by atoms with van der Waals surface area (Å²) in [5.74, 6) is -0.134. The quantitative estimate of drug-likeness (QED) is 0.930. The Kier molecular flexibility index (Phi) is 4.57. The SMILES string of the molecule is CCC1(CC)NC(=O)C(C)N(Cc2ccccc2Cl)C1=O. The summed E-state index contributed by atoms with van der Waals surface area (Å²) < 4.78 is 0. The number of carbonyl (C=O) groups excluding carboxylic acids is 2. The standard InChI is InChI=1S/C16H21ClN2O2/c1-4-16(5-2)15(21)19(11(3)14(20)18-16)10-12-8-6-7-9-13(12)17/h6-9,11H,4-5,10H2,1-3H3,(H,18,20). The van der Waals surface area contributed by atoms with E-state index in [-0.39, 0.29) is 11.8 Å². The second kappa shape index (κ2) is 6.06. The second-order valence-electron chi connectivity index (χ2n) is 5.48. The highest BCUT2D eigenvalue weighted by atomic mass is 35.5. The van der Waals surface area contributed by atoms with Gasteiger partial charge in [0.2, 0.25) is 11.8 Å². The molecule has 1 aromatic rings. The molecule has 21 heavy (non-hydrogen) atoms. The van der Waals surface area contributed by atoms with Crippen LogP contribution in [-0.4, -0.2) is 28.3 Å². The van der Waals surface area contributed by atoms with Gasteiger partial charge in [-0.15, -0.1) is 0 Å². The van der Waals surface area contributed by atoms with Gasteiger partial charge >= 0.3 is 0 Å². The van der Waals surface area contributed by atoms with Gasteiger partial charge in [0.25, 0.3) is 0 Å². The second-order valence-corrected chi connectivity index (χ2v) is 5.89. The van der Waals surface area contributed by atoms with Crippen molar-refractivity contribution < 1.29 is 9.59 Å². The Labute approximate surface area is 130 Å². The van der Waals surface area contributed by atoms with Gasteiger partial charge in [0.15, 0.2) is 0 Å². The van der Waals surface area contributed by atoms with Gasteiger partial charge in [-0.2, -0.15) is 0 Å². The van der Waals surface area contributed by atoms with E-state index in [0.717, 1.165) is 5.56 Å². The zero-order chi connectivity index (χ0) is 15.6. The van der Waals surface area contributed by atoms with E-state index in [0.29, 0.717) is 24.4 Å². The molecule has 2 amide bonds. The van der Waals surface area contributed by atoms with Crippen molar-refractivity contribution >= 4 is 23.4 Å². The largest absolute Gasteiger partial charge is 0.340 e. The van der Waals surface area contributed by atoms with E-state index in [1.807, 2.05) is 32.0 Å². The molecule has 1 aromatic carbocycles. The minimum atomic E-state index is -0.787. The van der Waals surface area contributed by atoms with Crippen LogP contribution in [0.1, 0.15) is 39.2 Å². The summed E-state index contributed by atoms with van der Waals surface area (Å²) in [6, 6.07) is 6.92. The van der Waals surface area contributed by atoms with Crippen molar-refractivity contribution in [3.8, 4) is 0 Å². The number of rotatable bonds is 4. The van der Waals surface area contributed by atoms with Gasteiger partial charge in [-0.3, -0.25) is 9.59 Å². The Morgan fingerprint density at radius 2 is 1.86 bits per heavy atom. The molecule has 1 unspecified atom stereocenters. The topological polar surface area (TPSA) is 49.4 Å². The minimum Gasteiger partial charge on any atom is -0.340 e. The lowest BCUT2D eigenvalue weighted by atomic mass is 9.87. The third-order valence-electron chi connectivity index (χ3n) is 4.39. The molecule has 0 aromatic heterocycles. The van der Waals surface area contributed by atoms with Gasteiger partial charge in [-0.1, -0.05) is 43.6 Å². The molecule has 0 radical (unpaired) electrons. The normalized spacial score (nSPS) is 21.3. The van der Waals surface area contributed by atoms with Crippen LogP contribution >= 0.6 is 11.6 Å². The maximum absolute atomic E-state index is 12.8. The van der Waals surface area contributed by atoms with Crippen molar-refractivity contribution in [2.45, 2.75) is 51.7 Å². The molecule has 0 spiro atoms. The molecule has 0 saturated carbocycles. The van der Waals surface area contributed by atoms with Gasteiger partial charge < -0.3 is 10.2 Å². The van der Waals surface area contributed by atoms with Crippen molar-refractivity contribution in [3.05, 3.63) is 34.9 Å². The number of benzene rings is 1. The molecule has 2 rings (SSSR count). The number of nitrogens with zero attached hydrogens (tertiary/aromatic N) is 1. The summed E-state index contributed by atoms with van der Waals surface area (Å²) in [6.45, 7) is 5.95. The van der Waals surface area contributed by atoms with Gasteiger partial charge in [-0.25, -0.2) is 0 Å². The number of halogens is 1. The van der Waals surface area contributed by atoms with Crippen LogP contribution in [0.25, 0.3) is 0 Å². The van der Waals surface area contributed by atoms with Crippen LogP contribution < -0.4 is 5.32 Å². The summed E-state index contributed by atoms with van der Waals surface area (Å²) in [5.41, 5.74) is 0.0698. The van der Waals surface area contributed by atoms with Crippen LogP contribution in [0.4, 0.5) is 0 Å². The Bertz CT molecular complexity index is 555. The monoisotopic (exact) mass is 308 g/mol. The van der Waals surface area contributed by atoms with E-state index < -0.39 is 11.6 Å². The fourth-order valence-electron chi connectivity index (χ4n) is 2.73. The van der Waals surface area contributed by atoms with Crippen LogP contribution in [-0.2, 0) is 16.1 Å². The van der Waals surface area contributed by atoms with Crippen molar-refractivity contribution in [2.24, 2.45) is 0 Å². The van der Waals surface area contributed by atoms with E-state index in [2.05, 4.69) is 5.32 Å². The number of hydrogen-bond acceptors (Lipinski definition) is 2. The molecule has 1 fully saturated rings. The number of hydrogen-bond donors (Lipinski definition) is 1. The van der Waals surface area contributed by atoms with Crippen molar-refractivity contribution in [1.29, 1.82) is 0 Å². The Morgan fingerprint density at radius 3 is 2.43 bits per heavy atom. The Balaban J connectivity index is 2.34. The molecule has 1 aliphatic rings.